The zero-order valence-corrected chi connectivity index (χ0v) is 8.11. The van der Waals surface area contributed by atoms with E-state index in [1.807, 2.05) is 30.3 Å². The second-order valence-corrected chi connectivity index (χ2v) is 3.09. The molecule has 0 aliphatic carbocycles. The molecule has 1 heterocycles. The van der Waals surface area contributed by atoms with E-state index in [1.54, 1.807) is 18.5 Å². The molecule has 0 atom stereocenters. The maximum absolute atomic E-state index is 9.68. The number of hydrogen-bond donors (Lipinski definition) is 1. The molecular weight excluding hydrogens is 190 g/mol. The highest BCUT2D eigenvalue weighted by Gasteiger charge is 2.05. The maximum atomic E-state index is 9.68. The van der Waals surface area contributed by atoms with E-state index < -0.39 is 0 Å². The number of aromatic nitrogens is 2. The molecule has 4 heteroatoms. The smallest absolute Gasteiger partial charge is 0.249 e. The predicted octanol–water partition coefficient (Wildman–Crippen LogP) is 1.87. The van der Waals surface area contributed by atoms with Gasteiger partial charge in [0.05, 0.1) is 6.54 Å². The maximum Gasteiger partial charge on any atom is 0.249 e. The third kappa shape index (κ3) is 2.51. The third-order valence-electron chi connectivity index (χ3n) is 1.96. The van der Waals surface area contributed by atoms with E-state index in [0.717, 1.165) is 10.6 Å². The summed E-state index contributed by atoms with van der Waals surface area (Å²) < 4.78 is 0. The molecule has 2 rings (SSSR count). The molecule has 1 aromatic carbocycles. The van der Waals surface area contributed by atoms with Crippen molar-refractivity contribution in [1.82, 2.24) is 9.97 Å². The number of anilines is 1. The normalized spacial score (nSPS) is 9.93. The Labute approximate surface area is 87.8 Å². The first-order valence-corrected chi connectivity index (χ1v) is 4.63. The summed E-state index contributed by atoms with van der Waals surface area (Å²) in [7, 11) is 0. The first-order valence-electron chi connectivity index (χ1n) is 4.63. The summed E-state index contributed by atoms with van der Waals surface area (Å²) in [6.07, 6.45) is 3.19. The SMILES string of the molecule is ON(Cc1ccccc1)c1ncccn1. The monoisotopic (exact) mass is 201 g/mol. The lowest BCUT2D eigenvalue weighted by Crippen LogP contribution is -2.19. The number of hydrogen-bond acceptors (Lipinski definition) is 4. The van der Waals surface area contributed by atoms with Crippen LogP contribution in [-0.4, -0.2) is 15.2 Å². The van der Waals surface area contributed by atoms with Crippen LogP contribution in [0.25, 0.3) is 0 Å². The van der Waals surface area contributed by atoms with Crippen LogP contribution in [0.5, 0.6) is 0 Å². The molecule has 1 aromatic heterocycles. The molecule has 0 unspecified atom stereocenters. The van der Waals surface area contributed by atoms with Gasteiger partial charge in [0.25, 0.3) is 0 Å². The van der Waals surface area contributed by atoms with E-state index in [4.69, 9.17) is 0 Å². The summed E-state index contributed by atoms with van der Waals surface area (Å²) in [6.45, 7) is 0.380. The van der Waals surface area contributed by atoms with E-state index in [-0.39, 0.29) is 0 Å². The van der Waals surface area contributed by atoms with Gasteiger partial charge in [-0.05, 0) is 11.6 Å². The average molecular weight is 201 g/mol. The summed E-state index contributed by atoms with van der Waals surface area (Å²) in [5.41, 5.74) is 1.01. The van der Waals surface area contributed by atoms with E-state index >= 15 is 0 Å². The molecule has 1 N–H and O–H groups in total. The lowest BCUT2D eigenvalue weighted by atomic mass is 10.2. The average Bonchev–Trinajstić information content (AvgIpc) is 2.31. The van der Waals surface area contributed by atoms with Gasteiger partial charge in [0.15, 0.2) is 0 Å². The minimum atomic E-state index is 0.307. The summed E-state index contributed by atoms with van der Waals surface area (Å²) in [5.74, 6) is 0.307. The van der Waals surface area contributed by atoms with Gasteiger partial charge in [-0.25, -0.2) is 15.0 Å². The molecule has 0 fully saturated rings. The molecule has 4 nitrogen and oxygen atoms in total. The van der Waals surface area contributed by atoms with Crippen molar-refractivity contribution >= 4 is 5.95 Å². The van der Waals surface area contributed by atoms with Crippen LogP contribution in [0.15, 0.2) is 48.8 Å². The quantitative estimate of drug-likeness (QED) is 0.770. The molecule has 0 bridgehead atoms. The highest BCUT2D eigenvalue weighted by atomic mass is 16.5. The van der Waals surface area contributed by atoms with Crippen molar-refractivity contribution in [3.63, 3.8) is 0 Å². The van der Waals surface area contributed by atoms with Crippen LogP contribution in [0.4, 0.5) is 5.95 Å². The number of nitrogens with zero attached hydrogens (tertiary/aromatic N) is 3. The molecule has 0 amide bonds. The Bertz CT molecular complexity index is 405. The molecule has 0 saturated carbocycles. The van der Waals surface area contributed by atoms with Gasteiger partial charge in [-0.3, -0.25) is 5.21 Å². The van der Waals surface area contributed by atoms with Gasteiger partial charge in [0.2, 0.25) is 5.95 Å². The van der Waals surface area contributed by atoms with Crippen molar-refractivity contribution in [2.75, 3.05) is 5.06 Å². The molecule has 2 aromatic rings. The van der Waals surface area contributed by atoms with Gasteiger partial charge in [0.1, 0.15) is 0 Å². The first-order chi connectivity index (χ1) is 7.36. The van der Waals surface area contributed by atoms with Crippen molar-refractivity contribution in [2.24, 2.45) is 0 Å². The number of hydroxylamine groups is 1. The molecule has 0 radical (unpaired) electrons. The second-order valence-electron chi connectivity index (χ2n) is 3.09. The molecule has 0 aliphatic heterocycles. The second kappa shape index (κ2) is 4.52. The Morgan fingerprint density at radius 3 is 2.33 bits per heavy atom. The molecule has 15 heavy (non-hydrogen) atoms. The fourth-order valence-corrected chi connectivity index (χ4v) is 1.25. The highest BCUT2D eigenvalue weighted by Crippen LogP contribution is 2.07. The first kappa shape index (κ1) is 9.61. The van der Waals surface area contributed by atoms with Gasteiger partial charge < -0.3 is 0 Å². The summed E-state index contributed by atoms with van der Waals surface area (Å²) >= 11 is 0. The number of benzene rings is 1. The molecule has 76 valence electrons. The Morgan fingerprint density at radius 1 is 1.00 bits per heavy atom. The highest BCUT2D eigenvalue weighted by molar-refractivity contribution is 5.26. The van der Waals surface area contributed by atoms with Gasteiger partial charge >= 0.3 is 0 Å². The lowest BCUT2D eigenvalue weighted by molar-refractivity contribution is 0.243. The van der Waals surface area contributed by atoms with Crippen LogP contribution >= 0.6 is 0 Å². The Hall–Kier alpha value is -1.94. The largest absolute Gasteiger partial charge is 0.285 e. The molecule has 0 saturated heterocycles. The van der Waals surface area contributed by atoms with Gasteiger partial charge in [-0.1, -0.05) is 30.3 Å². The Kier molecular flexibility index (Phi) is 2.90. The fraction of sp³-hybridized carbons (Fsp3) is 0.0909. The van der Waals surface area contributed by atoms with E-state index in [9.17, 15) is 5.21 Å². The van der Waals surface area contributed by atoms with Crippen molar-refractivity contribution in [3.8, 4) is 0 Å². The van der Waals surface area contributed by atoms with Crippen molar-refractivity contribution in [1.29, 1.82) is 0 Å². The van der Waals surface area contributed by atoms with Gasteiger partial charge in [-0.2, -0.15) is 0 Å². The van der Waals surface area contributed by atoms with E-state index in [0.29, 0.717) is 12.5 Å². The van der Waals surface area contributed by atoms with Gasteiger partial charge in [-0.15, -0.1) is 0 Å². The van der Waals surface area contributed by atoms with Crippen molar-refractivity contribution in [3.05, 3.63) is 54.4 Å². The van der Waals surface area contributed by atoms with Crippen LogP contribution in [0.3, 0.4) is 0 Å². The van der Waals surface area contributed by atoms with Crippen LogP contribution in [0, 0.1) is 0 Å². The molecule has 0 aliphatic rings. The number of rotatable bonds is 3. The topological polar surface area (TPSA) is 49.2 Å². The zero-order valence-electron chi connectivity index (χ0n) is 8.11. The molecule has 0 spiro atoms. The zero-order chi connectivity index (χ0) is 10.5. The fourth-order valence-electron chi connectivity index (χ4n) is 1.25. The standard InChI is InChI=1S/C11H11N3O/c15-14(11-12-7-4-8-13-11)9-10-5-2-1-3-6-10/h1-8,15H,9H2. The third-order valence-corrected chi connectivity index (χ3v) is 1.96. The Morgan fingerprint density at radius 2 is 1.67 bits per heavy atom. The lowest BCUT2D eigenvalue weighted by Gasteiger charge is -2.13. The molecular formula is C11H11N3O. The van der Waals surface area contributed by atoms with Crippen molar-refractivity contribution < 1.29 is 5.21 Å². The van der Waals surface area contributed by atoms with Crippen LogP contribution in [0.2, 0.25) is 0 Å². The minimum absolute atomic E-state index is 0.307. The van der Waals surface area contributed by atoms with Crippen LogP contribution in [-0.2, 0) is 6.54 Å². The summed E-state index contributed by atoms with van der Waals surface area (Å²) in [6, 6.07) is 11.4. The van der Waals surface area contributed by atoms with Crippen LogP contribution in [0.1, 0.15) is 5.56 Å². The predicted molar refractivity (Wildman–Crippen MR) is 56.4 cm³/mol. The summed E-state index contributed by atoms with van der Waals surface area (Å²) in [5, 5.41) is 10.7. The van der Waals surface area contributed by atoms with E-state index in [1.165, 1.54) is 0 Å². The van der Waals surface area contributed by atoms with E-state index in [2.05, 4.69) is 9.97 Å². The Balaban J connectivity index is 2.08. The van der Waals surface area contributed by atoms with Crippen molar-refractivity contribution in [2.45, 2.75) is 6.54 Å². The minimum Gasteiger partial charge on any atom is -0.285 e. The summed E-state index contributed by atoms with van der Waals surface area (Å²) in [4.78, 5) is 7.88. The van der Waals surface area contributed by atoms with Crippen LogP contribution < -0.4 is 5.06 Å². The van der Waals surface area contributed by atoms with Gasteiger partial charge in [0, 0.05) is 12.4 Å².